The molecule has 1 N–H and O–H groups in total. The smallest absolute Gasteiger partial charge is 0.322 e. The summed E-state index contributed by atoms with van der Waals surface area (Å²) in [5.74, 6) is 0.754. The molecule has 7 heteroatoms. The van der Waals surface area contributed by atoms with Crippen molar-refractivity contribution in [2.75, 3.05) is 12.4 Å². The number of urea groups is 1. The molecule has 0 spiro atoms. The Hall–Kier alpha value is -3.22. The number of carbonyl (C=O) groups is 1. The molecule has 2 aliphatic rings. The van der Waals surface area contributed by atoms with Crippen molar-refractivity contribution < 1.29 is 9.53 Å². The molecule has 2 aromatic carbocycles. The molecule has 0 radical (unpaired) electrons. The summed E-state index contributed by atoms with van der Waals surface area (Å²) < 4.78 is 7.56. The Morgan fingerprint density at radius 2 is 1.80 bits per heavy atom. The predicted molar refractivity (Wildman–Crippen MR) is 141 cm³/mol. The summed E-state index contributed by atoms with van der Waals surface area (Å²) in [5.41, 5.74) is 5.56. The first-order valence-corrected chi connectivity index (χ1v) is 13.1. The summed E-state index contributed by atoms with van der Waals surface area (Å²) in [6.45, 7) is 0.554. The van der Waals surface area contributed by atoms with Crippen molar-refractivity contribution in [2.24, 2.45) is 0 Å². The van der Waals surface area contributed by atoms with Crippen LogP contribution in [0.4, 0.5) is 10.5 Å². The minimum absolute atomic E-state index is 0.133. The first kappa shape index (κ1) is 22.3. The van der Waals surface area contributed by atoms with Gasteiger partial charge in [-0.2, -0.15) is 0 Å². The molecular weight excluding hydrogens is 478 g/mol. The Balaban J connectivity index is 1.46. The molecule has 6 rings (SSSR count). The van der Waals surface area contributed by atoms with E-state index in [2.05, 4.69) is 28.2 Å². The Kier molecular flexibility index (Phi) is 5.78. The van der Waals surface area contributed by atoms with Gasteiger partial charge in [0.05, 0.1) is 25.4 Å². The maximum atomic E-state index is 13.9. The van der Waals surface area contributed by atoms with Gasteiger partial charge in [-0.25, -0.2) is 4.79 Å². The second-order valence-corrected chi connectivity index (χ2v) is 10.6. The molecule has 35 heavy (non-hydrogen) atoms. The predicted octanol–water partition coefficient (Wildman–Crippen LogP) is 7.22. The Morgan fingerprint density at radius 3 is 2.57 bits per heavy atom. The number of anilines is 1. The summed E-state index contributed by atoms with van der Waals surface area (Å²) in [7, 11) is 1.63. The van der Waals surface area contributed by atoms with Gasteiger partial charge in [-0.3, -0.25) is 0 Å². The number of aromatic nitrogens is 1. The van der Waals surface area contributed by atoms with Gasteiger partial charge < -0.3 is 19.5 Å². The van der Waals surface area contributed by atoms with Crippen LogP contribution in [0.5, 0.6) is 5.75 Å². The van der Waals surface area contributed by atoms with Gasteiger partial charge >= 0.3 is 6.03 Å². The molecule has 0 saturated carbocycles. The van der Waals surface area contributed by atoms with Gasteiger partial charge in [0.2, 0.25) is 0 Å². The van der Waals surface area contributed by atoms with Gasteiger partial charge in [0, 0.05) is 27.3 Å². The number of methoxy groups -OCH3 is 1. The van der Waals surface area contributed by atoms with Crippen LogP contribution in [-0.4, -0.2) is 22.6 Å². The van der Waals surface area contributed by atoms with Crippen LogP contribution in [0, 0.1) is 0 Å². The van der Waals surface area contributed by atoms with Crippen molar-refractivity contribution in [3.63, 3.8) is 0 Å². The van der Waals surface area contributed by atoms with E-state index in [0.717, 1.165) is 35.5 Å². The summed E-state index contributed by atoms with van der Waals surface area (Å²) in [4.78, 5) is 17.3. The Bertz CT molecular complexity index is 1370. The fraction of sp³-hybridized carbons (Fsp3) is 0.250. The monoisotopic (exact) mass is 503 g/mol. The number of rotatable bonds is 3. The number of ether oxygens (including phenoxy) is 1. The van der Waals surface area contributed by atoms with Crippen molar-refractivity contribution in [1.82, 2.24) is 9.47 Å². The molecule has 1 atom stereocenters. The molecule has 1 unspecified atom stereocenters. The number of thiophene rings is 1. The highest BCUT2D eigenvalue weighted by molar-refractivity contribution is 7.15. The number of amides is 2. The average Bonchev–Trinajstić information content (AvgIpc) is 3.47. The van der Waals surface area contributed by atoms with Crippen LogP contribution in [0.15, 0.2) is 66.9 Å². The quantitative estimate of drug-likeness (QED) is 0.321. The normalized spacial score (nSPS) is 16.6. The topological polar surface area (TPSA) is 46.5 Å². The third kappa shape index (κ3) is 4.01. The second kappa shape index (κ2) is 9.10. The van der Waals surface area contributed by atoms with E-state index in [1.54, 1.807) is 7.11 Å². The van der Waals surface area contributed by atoms with Crippen molar-refractivity contribution in [2.45, 2.75) is 38.3 Å². The Labute approximate surface area is 213 Å². The number of carbonyl (C=O) groups excluding carboxylic acids is 1. The fourth-order valence-electron chi connectivity index (χ4n) is 5.25. The van der Waals surface area contributed by atoms with Crippen molar-refractivity contribution in [3.05, 3.63) is 99.1 Å². The van der Waals surface area contributed by atoms with Crippen molar-refractivity contribution in [3.8, 4) is 10.8 Å². The van der Waals surface area contributed by atoms with Gasteiger partial charge in [0.1, 0.15) is 10.8 Å². The van der Waals surface area contributed by atoms with E-state index >= 15 is 0 Å². The molecule has 178 valence electrons. The first-order chi connectivity index (χ1) is 17.1. The van der Waals surface area contributed by atoms with Gasteiger partial charge in [0.25, 0.3) is 0 Å². The van der Waals surface area contributed by atoms with Crippen LogP contribution in [0.3, 0.4) is 0 Å². The summed E-state index contributed by atoms with van der Waals surface area (Å²) in [6.07, 6.45) is 6.77. The van der Waals surface area contributed by atoms with Gasteiger partial charge in [-0.05, 0) is 85.3 Å². The maximum absolute atomic E-state index is 13.9. The lowest BCUT2D eigenvalue weighted by Gasteiger charge is -2.31. The van der Waals surface area contributed by atoms with E-state index in [1.165, 1.54) is 33.8 Å². The zero-order chi connectivity index (χ0) is 23.9. The number of nitrogens with zero attached hydrogens (tertiary/aromatic N) is 2. The van der Waals surface area contributed by atoms with Gasteiger partial charge in [0.15, 0.2) is 0 Å². The highest BCUT2D eigenvalue weighted by Crippen LogP contribution is 2.44. The number of fused-ring (bicyclic) bond motifs is 5. The lowest BCUT2D eigenvalue weighted by molar-refractivity contribution is 0.194. The van der Waals surface area contributed by atoms with E-state index in [0.29, 0.717) is 11.6 Å². The minimum Gasteiger partial charge on any atom is -0.497 e. The molecule has 0 bridgehead atoms. The summed E-state index contributed by atoms with van der Waals surface area (Å²) in [5, 5.41) is 5.05. The van der Waals surface area contributed by atoms with Gasteiger partial charge in [-0.1, -0.05) is 23.7 Å². The SMILES string of the molecule is COc1ccc(NC(=O)N2Cc3c(sc4c3CCCC4)-n3cccc3C2c2ccc(Cl)cc2)cc1. The van der Waals surface area contributed by atoms with Crippen LogP contribution >= 0.6 is 22.9 Å². The van der Waals surface area contributed by atoms with E-state index in [1.807, 2.05) is 64.8 Å². The lowest BCUT2D eigenvalue weighted by atomic mass is 9.95. The zero-order valence-corrected chi connectivity index (χ0v) is 21.0. The minimum atomic E-state index is -0.251. The number of hydrogen-bond donors (Lipinski definition) is 1. The van der Waals surface area contributed by atoms with E-state index in [9.17, 15) is 4.79 Å². The highest BCUT2D eigenvalue weighted by Gasteiger charge is 2.36. The second-order valence-electron chi connectivity index (χ2n) is 9.04. The molecular formula is C28H26ClN3O2S. The highest BCUT2D eigenvalue weighted by atomic mass is 35.5. The third-order valence-electron chi connectivity index (χ3n) is 6.97. The third-order valence-corrected chi connectivity index (χ3v) is 8.55. The lowest BCUT2D eigenvalue weighted by Crippen LogP contribution is -2.38. The molecule has 5 nitrogen and oxygen atoms in total. The number of halogens is 1. The maximum Gasteiger partial charge on any atom is 0.322 e. The van der Waals surface area contributed by atoms with Crippen LogP contribution in [-0.2, 0) is 19.4 Å². The Morgan fingerprint density at radius 1 is 1.03 bits per heavy atom. The molecule has 2 aromatic heterocycles. The van der Waals surface area contributed by atoms with Crippen molar-refractivity contribution >= 4 is 34.7 Å². The van der Waals surface area contributed by atoms with E-state index in [4.69, 9.17) is 16.3 Å². The standard InChI is InChI=1S/C28H26ClN3O2S/c1-34-21-14-12-20(13-15-21)30-28(33)32-17-23-22-5-2-3-7-25(22)35-27(23)31-16-4-6-24(31)26(32)18-8-10-19(29)11-9-18/h4,6,8-16,26H,2-3,5,7,17H2,1H3,(H,30,33). The molecule has 1 aliphatic heterocycles. The van der Waals surface area contributed by atoms with E-state index in [-0.39, 0.29) is 12.1 Å². The molecule has 1 aliphatic carbocycles. The molecule has 2 amide bonds. The largest absolute Gasteiger partial charge is 0.497 e. The molecule has 0 fully saturated rings. The van der Waals surface area contributed by atoms with Crippen LogP contribution in [0.25, 0.3) is 5.00 Å². The number of benzene rings is 2. The van der Waals surface area contributed by atoms with Crippen LogP contribution in [0.2, 0.25) is 5.02 Å². The van der Waals surface area contributed by atoms with Crippen LogP contribution < -0.4 is 10.1 Å². The first-order valence-electron chi connectivity index (χ1n) is 11.9. The molecule has 0 saturated heterocycles. The van der Waals surface area contributed by atoms with E-state index < -0.39 is 0 Å². The number of nitrogens with one attached hydrogen (secondary N) is 1. The molecule has 4 aromatic rings. The summed E-state index contributed by atoms with van der Waals surface area (Å²) in [6, 6.07) is 19.1. The number of aryl methyl sites for hydroxylation is 1. The van der Waals surface area contributed by atoms with Gasteiger partial charge in [-0.15, -0.1) is 11.3 Å². The number of hydrogen-bond acceptors (Lipinski definition) is 3. The fourth-order valence-corrected chi connectivity index (χ4v) is 6.78. The van der Waals surface area contributed by atoms with Crippen LogP contribution in [0.1, 0.15) is 46.1 Å². The zero-order valence-electron chi connectivity index (χ0n) is 19.5. The molecule has 3 heterocycles. The van der Waals surface area contributed by atoms with Crippen molar-refractivity contribution in [1.29, 1.82) is 0 Å². The average molecular weight is 504 g/mol. The summed E-state index contributed by atoms with van der Waals surface area (Å²) >= 11 is 8.11.